The third-order valence-corrected chi connectivity index (χ3v) is 4.38. The summed E-state index contributed by atoms with van der Waals surface area (Å²) >= 11 is 0. The van der Waals surface area contributed by atoms with E-state index in [0.29, 0.717) is 11.9 Å². The van der Waals surface area contributed by atoms with Gasteiger partial charge >= 0.3 is 6.18 Å². The number of rotatable bonds is 4. The highest BCUT2D eigenvalue weighted by Crippen LogP contribution is 2.25. The molecule has 0 saturated carbocycles. The largest absolute Gasteiger partial charge is 0.406 e. The van der Waals surface area contributed by atoms with Crippen molar-refractivity contribution < 1.29 is 18.0 Å². The topological polar surface area (TPSA) is 33.2 Å². The molecule has 0 fully saturated rings. The molecule has 1 atom stereocenters. The summed E-state index contributed by atoms with van der Waals surface area (Å²) in [6.07, 6.45) is 3.46. The van der Waals surface area contributed by atoms with Crippen LogP contribution >= 0.6 is 0 Å². The minimum absolute atomic E-state index is 0.0548. The second-order valence-corrected chi connectivity index (χ2v) is 6.33. The summed E-state index contributed by atoms with van der Waals surface area (Å²) in [7, 11) is 0. The van der Waals surface area contributed by atoms with Crippen molar-refractivity contribution in [1.29, 1.82) is 0 Å². The van der Waals surface area contributed by atoms with Gasteiger partial charge in [-0.05, 0) is 37.3 Å². The Hall–Kier alpha value is -2.37. The van der Waals surface area contributed by atoms with Crippen LogP contribution in [0.25, 0.3) is 10.9 Å². The number of para-hydroxylation sites is 1. The fourth-order valence-corrected chi connectivity index (χ4v) is 3.22. The molecule has 1 aromatic heterocycles. The fraction of sp³-hybridized carbons (Fsp3) is 0.368. The van der Waals surface area contributed by atoms with E-state index in [0.717, 1.165) is 23.1 Å². The quantitative estimate of drug-likeness (QED) is 0.757. The van der Waals surface area contributed by atoms with Crippen LogP contribution in [0.1, 0.15) is 29.6 Å². The van der Waals surface area contributed by atoms with Crippen molar-refractivity contribution in [2.75, 3.05) is 13.1 Å². The minimum Gasteiger partial charge on any atom is -0.329 e. The lowest BCUT2D eigenvalue weighted by atomic mass is 9.93. The Balaban J connectivity index is 1.90. The molecule has 1 aliphatic rings. The van der Waals surface area contributed by atoms with E-state index in [-0.39, 0.29) is 18.0 Å². The van der Waals surface area contributed by atoms with Gasteiger partial charge in [-0.3, -0.25) is 9.78 Å². The standard InChI is InChI=1S/C19H19F3N2O/c20-19(21,22)13-24(12-14-6-2-1-3-7-14)18(25)16-10-4-8-15-9-5-11-23-17(15)16/h1-2,4-5,8-11,14H,3,6-7,12-13H2. The van der Waals surface area contributed by atoms with Crippen molar-refractivity contribution in [2.24, 2.45) is 5.92 Å². The Kier molecular flexibility index (Phi) is 5.06. The molecule has 132 valence electrons. The maximum atomic E-state index is 13.0. The summed E-state index contributed by atoms with van der Waals surface area (Å²) < 4.78 is 39.1. The van der Waals surface area contributed by atoms with Crippen molar-refractivity contribution in [2.45, 2.75) is 25.4 Å². The normalized spacial score (nSPS) is 17.6. The number of fused-ring (bicyclic) bond motifs is 1. The van der Waals surface area contributed by atoms with Crippen LogP contribution in [0.4, 0.5) is 13.2 Å². The molecule has 0 N–H and O–H groups in total. The van der Waals surface area contributed by atoms with Gasteiger partial charge < -0.3 is 4.90 Å². The van der Waals surface area contributed by atoms with Gasteiger partial charge in [-0.15, -0.1) is 0 Å². The number of amides is 1. The van der Waals surface area contributed by atoms with Gasteiger partial charge in [0, 0.05) is 18.1 Å². The molecule has 1 aliphatic carbocycles. The number of aromatic nitrogens is 1. The van der Waals surface area contributed by atoms with Crippen molar-refractivity contribution in [1.82, 2.24) is 9.88 Å². The third-order valence-electron chi connectivity index (χ3n) is 4.38. The number of allylic oxidation sites excluding steroid dienone is 2. The van der Waals surface area contributed by atoms with Crippen molar-refractivity contribution >= 4 is 16.8 Å². The van der Waals surface area contributed by atoms with Gasteiger partial charge in [0.25, 0.3) is 5.91 Å². The van der Waals surface area contributed by atoms with Gasteiger partial charge in [0.1, 0.15) is 6.54 Å². The number of carbonyl (C=O) groups is 1. The first kappa shape index (κ1) is 17.5. The molecule has 0 saturated heterocycles. The van der Waals surface area contributed by atoms with Crippen molar-refractivity contribution in [3.8, 4) is 0 Å². The van der Waals surface area contributed by atoms with E-state index in [1.165, 1.54) is 0 Å². The Labute approximate surface area is 144 Å². The molecule has 6 heteroatoms. The first-order valence-electron chi connectivity index (χ1n) is 8.29. The number of hydrogen-bond acceptors (Lipinski definition) is 2. The molecule has 0 bridgehead atoms. The van der Waals surface area contributed by atoms with E-state index in [4.69, 9.17) is 0 Å². The molecule has 3 nitrogen and oxygen atoms in total. The SMILES string of the molecule is O=C(c1cccc2cccnc12)N(CC1CC=CCC1)CC(F)(F)F. The average Bonchev–Trinajstić information content (AvgIpc) is 2.60. The number of hydrogen-bond donors (Lipinski definition) is 0. The van der Waals surface area contributed by atoms with E-state index in [2.05, 4.69) is 4.98 Å². The van der Waals surface area contributed by atoms with Crippen LogP contribution < -0.4 is 0 Å². The fourth-order valence-electron chi connectivity index (χ4n) is 3.22. The molecule has 1 amide bonds. The molecule has 25 heavy (non-hydrogen) atoms. The maximum absolute atomic E-state index is 13.0. The summed E-state index contributed by atoms with van der Waals surface area (Å²) in [6.45, 7) is -1.14. The molecule has 2 aromatic rings. The third kappa shape index (κ3) is 4.38. The van der Waals surface area contributed by atoms with Crippen LogP contribution in [-0.4, -0.2) is 35.1 Å². The van der Waals surface area contributed by atoms with Gasteiger partial charge in [0.15, 0.2) is 0 Å². The minimum atomic E-state index is -4.43. The molecule has 1 unspecified atom stereocenters. The molecule has 1 aromatic carbocycles. The van der Waals surface area contributed by atoms with Gasteiger partial charge in [-0.25, -0.2) is 0 Å². The smallest absolute Gasteiger partial charge is 0.329 e. The van der Waals surface area contributed by atoms with E-state index in [1.807, 2.05) is 12.2 Å². The number of carbonyl (C=O) groups excluding carboxylic acids is 1. The van der Waals surface area contributed by atoms with Gasteiger partial charge in [0.2, 0.25) is 0 Å². The summed E-state index contributed by atoms with van der Waals surface area (Å²) in [5.74, 6) is -0.560. The summed E-state index contributed by atoms with van der Waals surface area (Å²) in [4.78, 5) is 18.0. The average molecular weight is 348 g/mol. The number of pyridine rings is 1. The van der Waals surface area contributed by atoms with Crippen LogP contribution in [0, 0.1) is 5.92 Å². The Morgan fingerprint density at radius 2 is 2.00 bits per heavy atom. The highest BCUT2D eigenvalue weighted by Gasteiger charge is 2.34. The van der Waals surface area contributed by atoms with Crippen LogP contribution in [0.15, 0.2) is 48.7 Å². The lowest BCUT2D eigenvalue weighted by molar-refractivity contribution is -0.141. The van der Waals surface area contributed by atoms with Crippen LogP contribution in [-0.2, 0) is 0 Å². The van der Waals surface area contributed by atoms with Crippen LogP contribution in [0.2, 0.25) is 0 Å². The van der Waals surface area contributed by atoms with Crippen molar-refractivity contribution in [3.05, 3.63) is 54.2 Å². The first-order chi connectivity index (χ1) is 11.9. The summed E-state index contributed by atoms with van der Waals surface area (Å²) in [5.41, 5.74) is 0.652. The molecular formula is C19H19F3N2O. The van der Waals surface area contributed by atoms with Gasteiger partial charge in [-0.2, -0.15) is 13.2 Å². The van der Waals surface area contributed by atoms with E-state index < -0.39 is 18.6 Å². The highest BCUT2D eigenvalue weighted by atomic mass is 19.4. The van der Waals surface area contributed by atoms with E-state index in [1.54, 1.807) is 36.5 Å². The monoisotopic (exact) mass is 348 g/mol. The Bertz CT molecular complexity index is 780. The zero-order chi connectivity index (χ0) is 17.9. The predicted octanol–water partition coefficient (Wildman–Crippen LogP) is 4.60. The molecule has 3 rings (SSSR count). The second kappa shape index (κ2) is 7.25. The summed E-state index contributed by atoms with van der Waals surface area (Å²) in [6, 6.07) is 8.53. The number of alkyl halides is 3. The van der Waals surface area contributed by atoms with Gasteiger partial charge in [0.05, 0.1) is 11.1 Å². The number of benzene rings is 1. The summed E-state index contributed by atoms with van der Waals surface area (Å²) in [5, 5.41) is 0.737. The zero-order valence-electron chi connectivity index (χ0n) is 13.7. The van der Waals surface area contributed by atoms with Crippen molar-refractivity contribution in [3.63, 3.8) is 0 Å². The highest BCUT2D eigenvalue weighted by molar-refractivity contribution is 6.05. The number of halogens is 3. The number of nitrogens with zero attached hydrogens (tertiary/aromatic N) is 2. The molecule has 0 spiro atoms. The van der Waals surface area contributed by atoms with Gasteiger partial charge in [-0.1, -0.05) is 30.4 Å². The zero-order valence-corrected chi connectivity index (χ0v) is 13.7. The van der Waals surface area contributed by atoms with E-state index >= 15 is 0 Å². The van der Waals surface area contributed by atoms with E-state index in [9.17, 15) is 18.0 Å². The maximum Gasteiger partial charge on any atom is 0.406 e. The molecule has 0 radical (unpaired) electrons. The molecular weight excluding hydrogens is 329 g/mol. The Morgan fingerprint density at radius 3 is 2.72 bits per heavy atom. The second-order valence-electron chi connectivity index (χ2n) is 6.33. The molecule has 1 heterocycles. The van der Waals surface area contributed by atoms with Crippen LogP contribution in [0.3, 0.4) is 0 Å². The molecule has 0 aliphatic heterocycles. The Morgan fingerprint density at radius 1 is 1.20 bits per heavy atom. The first-order valence-corrected chi connectivity index (χ1v) is 8.29. The lowest BCUT2D eigenvalue weighted by Gasteiger charge is -2.29. The van der Waals surface area contributed by atoms with Crippen LogP contribution in [0.5, 0.6) is 0 Å². The lowest BCUT2D eigenvalue weighted by Crippen LogP contribution is -2.42. The predicted molar refractivity (Wildman–Crippen MR) is 90.2 cm³/mol.